The average molecular weight is 411 g/mol. The summed E-state index contributed by atoms with van der Waals surface area (Å²) in [6.07, 6.45) is 3.88. The van der Waals surface area contributed by atoms with Crippen LogP contribution in [0.4, 0.5) is 11.6 Å². The topological polar surface area (TPSA) is 104 Å². The van der Waals surface area contributed by atoms with Gasteiger partial charge in [-0.05, 0) is 55.7 Å². The van der Waals surface area contributed by atoms with Crippen molar-refractivity contribution in [2.75, 3.05) is 24.0 Å². The van der Waals surface area contributed by atoms with E-state index in [1.807, 2.05) is 62.8 Å². The quantitative estimate of drug-likeness (QED) is 0.368. The van der Waals surface area contributed by atoms with Crippen LogP contribution in [0.3, 0.4) is 0 Å². The fourth-order valence-electron chi connectivity index (χ4n) is 2.79. The Morgan fingerprint density at radius 3 is 2.07 bits per heavy atom. The first-order valence-electron chi connectivity index (χ1n) is 8.57. The van der Waals surface area contributed by atoms with Gasteiger partial charge in [-0.15, -0.1) is 0 Å². The molecule has 0 aliphatic heterocycles. The van der Waals surface area contributed by atoms with Crippen molar-refractivity contribution in [3.63, 3.8) is 0 Å². The predicted molar refractivity (Wildman–Crippen MR) is 121 cm³/mol. The maximum absolute atomic E-state index is 5.87. The molecule has 144 valence electrons. The van der Waals surface area contributed by atoms with Crippen LogP contribution in [0.5, 0.6) is 0 Å². The number of anilines is 2. The Hall–Kier alpha value is -2.58. The lowest BCUT2D eigenvalue weighted by molar-refractivity contribution is 1.01. The molecule has 4 rings (SSSR count). The fraction of sp³-hybridized carbons (Fsp3) is 0.200. The zero-order chi connectivity index (χ0) is 20.3. The second kappa shape index (κ2) is 8.62. The highest BCUT2D eigenvalue weighted by Crippen LogP contribution is 2.24. The maximum Gasteiger partial charge on any atom is 0.189 e. The molecule has 0 amide bonds. The lowest BCUT2D eigenvalue weighted by atomic mass is 10.1. The first kappa shape index (κ1) is 20.2. The van der Waals surface area contributed by atoms with Crippen LogP contribution >= 0.6 is 23.5 Å². The van der Waals surface area contributed by atoms with Crippen molar-refractivity contribution >= 4 is 57.0 Å². The first-order chi connectivity index (χ1) is 13.4. The second-order valence-corrected chi connectivity index (χ2v) is 7.73. The highest BCUT2D eigenvalue weighted by atomic mass is 32.2. The maximum atomic E-state index is 5.87. The van der Waals surface area contributed by atoms with E-state index >= 15 is 0 Å². The van der Waals surface area contributed by atoms with Gasteiger partial charge in [-0.3, -0.25) is 0 Å². The number of benzene rings is 2. The summed E-state index contributed by atoms with van der Waals surface area (Å²) in [7, 11) is 0. The highest BCUT2D eigenvalue weighted by molar-refractivity contribution is 7.98. The molecule has 4 N–H and O–H groups in total. The minimum absolute atomic E-state index is 0.555. The Morgan fingerprint density at radius 1 is 0.750 bits per heavy atom. The molecular formula is C20H22N6S2. The van der Waals surface area contributed by atoms with Crippen LogP contribution in [-0.4, -0.2) is 32.4 Å². The molecule has 2 heterocycles. The molecule has 6 nitrogen and oxygen atoms in total. The van der Waals surface area contributed by atoms with Crippen LogP contribution in [0.15, 0.2) is 46.7 Å². The molecule has 0 bridgehead atoms. The van der Waals surface area contributed by atoms with E-state index in [0.717, 1.165) is 37.7 Å². The SMILES string of the molecule is CSc1nc(N)c2c(C)cccc2n1.CSc1nc(N)c2ccc(C)cc2n1. The zero-order valence-corrected chi connectivity index (χ0v) is 17.9. The minimum atomic E-state index is 0.555. The van der Waals surface area contributed by atoms with Gasteiger partial charge in [0.1, 0.15) is 11.6 Å². The van der Waals surface area contributed by atoms with Crippen LogP contribution < -0.4 is 11.5 Å². The Bertz CT molecular complexity index is 1140. The number of aryl methyl sites for hydroxylation is 2. The summed E-state index contributed by atoms with van der Waals surface area (Å²) in [5.74, 6) is 1.12. The van der Waals surface area contributed by atoms with Gasteiger partial charge in [0.25, 0.3) is 0 Å². The van der Waals surface area contributed by atoms with E-state index in [-0.39, 0.29) is 0 Å². The average Bonchev–Trinajstić information content (AvgIpc) is 2.67. The van der Waals surface area contributed by atoms with E-state index in [2.05, 4.69) is 19.9 Å². The third-order valence-corrected chi connectivity index (χ3v) is 5.26. The van der Waals surface area contributed by atoms with Crippen molar-refractivity contribution < 1.29 is 0 Å². The van der Waals surface area contributed by atoms with Gasteiger partial charge in [-0.25, -0.2) is 19.9 Å². The number of aromatic nitrogens is 4. The number of nitrogen functional groups attached to an aromatic ring is 2. The summed E-state index contributed by atoms with van der Waals surface area (Å²) in [4.78, 5) is 17.2. The van der Waals surface area contributed by atoms with Crippen LogP contribution in [0.25, 0.3) is 21.8 Å². The van der Waals surface area contributed by atoms with Crippen molar-refractivity contribution in [3.8, 4) is 0 Å². The van der Waals surface area contributed by atoms with Crippen LogP contribution in [0.2, 0.25) is 0 Å². The molecule has 2 aromatic carbocycles. The summed E-state index contributed by atoms with van der Waals surface area (Å²) < 4.78 is 0. The Morgan fingerprint density at radius 2 is 1.39 bits per heavy atom. The van der Waals surface area contributed by atoms with Crippen molar-refractivity contribution in [3.05, 3.63) is 47.5 Å². The third-order valence-electron chi connectivity index (χ3n) is 4.17. The smallest absolute Gasteiger partial charge is 0.189 e. The van der Waals surface area contributed by atoms with E-state index in [4.69, 9.17) is 11.5 Å². The molecule has 0 fully saturated rings. The minimum Gasteiger partial charge on any atom is -0.383 e. The standard InChI is InChI=1S/2C10H11N3S/c1-6-3-4-7-8(5-6)12-10(14-2)13-9(7)11;1-6-4-3-5-7-8(6)9(11)13-10(12-7)14-2/h2*3-5H,1-2H3,(H2,11,12,13). The molecule has 0 radical (unpaired) electrons. The molecule has 0 saturated heterocycles. The summed E-state index contributed by atoms with van der Waals surface area (Å²) in [6, 6.07) is 12.0. The summed E-state index contributed by atoms with van der Waals surface area (Å²) >= 11 is 3.00. The molecule has 4 aromatic rings. The van der Waals surface area contributed by atoms with Gasteiger partial charge in [0, 0.05) is 10.8 Å². The van der Waals surface area contributed by atoms with E-state index in [0.29, 0.717) is 11.6 Å². The van der Waals surface area contributed by atoms with Gasteiger partial charge in [-0.2, -0.15) is 0 Å². The number of fused-ring (bicyclic) bond motifs is 2. The van der Waals surface area contributed by atoms with Gasteiger partial charge in [0.2, 0.25) is 0 Å². The van der Waals surface area contributed by atoms with Crippen LogP contribution in [0, 0.1) is 13.8 Å². The van der Waals surface area contributed by atoms with Gasteiger partial charge < -0.3 is 11.5 Å². The molecule has 0 aliphatic carbocycles. The summed E-state index contributed by atoms with van der Waals surface area (Å²) in [5.41, 5.74) is 15.8. The van der Waals surface area contributed by atoms with Gasteiger partial charge >= 0.3 is 0 Å². The van der Waals surface area contributed by atoms with Crippen molar-refractivity contribution in [1.82, 2.24) is 19.9 Å². The number of rotatable bonds is 2. The molecule has 0 aliphatic rings. The molecule has 8 heteroatoms. The number of hydrogen-bond acceptors (Lipinski definition) is 8. The fourth-order valence-corrected chi connectivity index (χ4v) is 3.55. The zero-order valence-electron chi connectivity index (χ0n) is 16.2. The van der Waals surface area contributed by atoms with Gasteiger partial charge in [0.15, 0.2) is 10.3 Å². The van der Waals surface area contributed by atoms with Crippen LogP contribution in [-0.2, 0) is 0 Å². The Kier molecular flexibility index (Phi) is 6.21. The van der Waals surface area contributed by atoms with Crippen LogP contribution in [0.1, 0.15) is 11.1 Å². The number of thioether (sulfide) groups is 2. The number of nitrogens with two attached hydrogens (primary N) is 2. The van der Waals surface area contributed by atoms with E-state index in [9.17, 15) is 0 Å². The molecule has 0 spiro atoms. The Labute approximate surface area is 172 Å². The lowest BCUT2D eigenvalue weighted by Crippen LogP contribution is -1.97. The Balaban J connectivity index is 0.000000161. The van der Waals surface area contributed by atoms with Crippen molar-refractivity contribution in [2.24, 2.45) is 0 Å². The molecule has 0 atom stereocenters. The number of nitrogens with zero attached hydrogens (tertiary/aromatic N) is 4. The second-order valence-electron chi connectivity index (χ2n) is 6.18. The van der Waals surface area contributed by atoms with E-state index < -0.39 is 0 Å². The monoisotopic (exact) mass is 410 g/mol. The van der Waals surface area contributed by atoms with Crippen molar-refractivity contribution in [2.45, 2.75) is 24.2 Å². The van der Waals surface area contributed by atoms with Gasteiger partial charge in [0.05, 0.1) is 11.0 Å². The predicted octanol–water partition coefficient (Wildman–Crippen LogP) is 4.48. The van der Waals surface area contributed by atoms with Crippen molar-refractivity contribution in [1.29, 1.82) is 0 Å². The van der Waals surface area contributed by atoms with E-state index in [1.54, 1.807) is 0 Å². The third kappa shape index (κ3) is 4.28. The molecule has 0 saturated carbocycles. The summed E-state index contributed by atoms with van der Waals surface area (Å²) in [5, 5.41) is 3.33. The van der Waals surface area contributed by atoms with E-state index in [1.165, 1.54) is 29.1 Å². The first-order valence-corrected chi connectivity index (χ1v) is 11.0. The molecule has 0 unspecified atom stereocenters. The highest BCUT2D eigenvalue weighted by Gasteiger charge is 2.06. The normalized spacial score (nSPS) is 10.7. The number of hydrogen-bond donors (Lipinski definition) is 2. The lowest BCUT2D eigenvalue weighted by Gasteiger charge is -2.05. The molecule has 2 aromatic heterocycles. The largest absolute Gasteiger partial charge is 0.383 e. The van der Waals surface area contributed by atoms with Gasteiger partial charge in [-0.1, -0.05) is 41.7 Å². The summed E-state index contributed by atoms with van der Waals surface area (Å²) in [6.45, 7) is 4.05. The molecule has 28 heavy (non-hydrogen) atoms. The molecular weight excluding hydrogens is 388 g/mol.